The van der Waals surface area contributed by atoms with Gasteiger partial charge in [0.25, 0.3) is 11.8 Å². The third-order valence-corrected chi connectivity index (χ3v) is 5.35. The number of halogens is 1. The predicted octanol–water partition coefficient (Wildman–Crippen LogP) is 3.40. The second kappa shape index (κ2) is 7.98. The number of nitrogens with one attached hydrogen (secondary N) is 1. The standard InChI is InChI=1S/C17H12BrN3O3S2/c1-24-13-3-2-10(8-12(13)18)9-14-16(23)21(17(25)26-14)20-15(22)11-4-6-19-7-5-11/h2-9H,1H3,(H,20,22). The molecular weight excluding hydrogens is 438 g/mol. The summed E-state index contributed by atoms with van der Waals surface area (Å²) < 4.78 is 6.22. The van der Waals surface area contributed by atoms with Gasteiger partial charge < -0.3 is 4.74 Å². The van der Waals surface area contributed by atoms with Crippen molar-refractivity contribution in [1.82, 2.24) is 15.4 Å². The Hall–Kier alpha value is -2.23. The molecule has 132 valence electrons. The van der Waals surface area contributed by atoms with Crippen LogP contribution in [0.3, 0.4) is 0 Å². The van der Waals surface area contributed by atoms with Crippen LogP contribution in [0.5, 0.6) is 5.75 Å². The molecule has 1 aromatic carbocycles. The Labute approximate surface area is 167 Å². The molecule has 6 nitrogen and oxygen atoms in total. The summed E-state index contributed by atoms with van der Waals surface area (Å²) in [6, 6.07) is 8.56. The number of hydrazine groups is 1. The lowest BCUT2D eigenvalue weighted by Gasteiger charge is -2.15. The van der Waals surface area contributed by atoms with Gasteiger partial charge >= 0.3 is 0 Å². The monoisotopic (exact) mass is 449 g/mol. The van der Waals surface area contributed by atoms with E-state index in [0.29, 0.717) is 16.2 Å². The normalized spacial score (nSPS) is 15.5. The van der Waals surface area contributed by atoms with Crippen LogP contribution in [0.1, 0.15) is 15.9 Å². The van der Waals surface area contributed by atoms with Crippen LogP contribution < -0.4 is 10.2 Å². The Balaban J connectivity index is 1.78. The Morgan fingerprint density at radius 2 is 2.08 bits per heavy atom. The molecule has 0 bridgehead atoms. The second-order valence-electron chi connectivity index (χ2n) is 5.09. The molecule has 1 aliphatic heterocycles. The van der Waals surface area contributed by atoms with Gasteiger partial charge in [-0.15, -0.1) is 0 Å². The number of amides is 2. The van der Waals surface area contributed by atoms with Crippen molar-refractivity contribution in [3.63, 3.8) is 0 Å². The predicted molar refractivity (Wildman–Crippen MR) is 107 cm³/mol. The average Bonchev–Trinajstić information content (AvgIpc) is 2.90. The van der Waals surface area contributed by atoms with Crippen LogP contribution in [-0.4, -0.2) is 33.2 Å². The van der Waals surface area contributed by atoms with Gasteiger partial charge in [-0.1, -0.05) is 17.8 Å². The first-order chi connectivity index (χ1) is 12.5. The minimum atomic E-state index is -0.433. The first-order valence-corrected chi connectivity index (χ1v) is 9.34. The quantitative estimate of drug-likeness (QED) is 0.569. The highest BCUT2D eigenvalue weighted by Crippen LogP contribution is 2.33. The number of ether oxygens (including phenoxy) is 1. The van der Waals surface area contributed by atoms with Crippen molar-refractivity contribution in [2.75, 3.05) is 7.11 Å². The third-order valence-electron chi connectivity index (χ3n) is 3.42. The average molecular weight is 450 g/mol. The number of hydrogen-bond donors (Lipinski definition) is 1. The van der Waals surface area contributed by atoms with E-state index < -0.39 is 5.91 Å². The number of methoxy groups -OCH3 is 1. The van der Waals surface area contributed by atoms with Crippen LogP contribution in [0.2, 0.25) is 0 Å². The number of rotatable bonds is 4. The molecule has 0 unspecified atom stereocenters. The molecule has 9 heteroatoms. The molecule has 1 fully saturated rings. The van der Waals surface area contributed by atoms with Gasteiger partial charge in [0.05, 0.1) is 16.5 Å². The smallest absolute Gasteiger partial charge is 0.285 e. The molecule has 0 radical (unpaired) electrons. The second-order valence-corrected chi connectivity index (χ2v) is 7.62. The fraction of sp³-hybridized carbons (Fsp3) is 0.0588. The minimum absolute atomic E-state index is 0.260. The van der Waals surface area contributed by atoms with Crippen molar-refractivity contribution in [3.8, 4) is 5.75 Å². The van der Waals surface area contributed by atoms with Crippen molar-refractivity contribution in [2.45, 2.75) is 0 Å². The van der Waals surface area contributed by atoms with Gasteiger partial charge in [0.2, 0.25) is 0 Å². The van der Waals surface area contributed by atoms with E-state index >= 15 is 0 Å². The molecule has 2 amide bonds. The lowest BCUT2D eigenvalue weighted by atomic mass is 10.2. The summed E-state index contributed by atoms with van der Waals surface area (Å²) in [7, 11) is 1.58. The number of pyridine rings is 1. The largest absolute Gasteiger partial charge is 0.496 e. The summed E-state index contributed by atoms with van der Waals surface area (Å²) in [5, 5.41) is 1.08. The lowest BCUT2D eigenvalue weighted by Crippen LogP contribution is -2.44. The highest BCUT2D eigenvalue weighted by Gasteiger charge is 2.33. The van der Waals surface area contributed by atoms with Crippen molar-refractivity contribution < 1.29 is 14.3 Å². The highest BCUT2D eigenvalue weighted by molar-refractivity contribution is 9.10. The van der Waals surface area contributed by atoms with E-state index in [1.54, 1.807) is 31.4 Å². The van der Waals surface area contributed by atoms with E-state index in [1.807, 2.05) is 12.1 Å². The van der Waals surface area contributed by atoms with E-state index in [2.05, 4.69) is 26.3 Å². The van der Waals surface area contributed by atoms with Crippen LogP contribution in [0.25, 0.3) is 6.08 Å². The summed E-state index contributed by atoms with van der Waals surface area (Å²) in [5.41, 5.74) is 3.72. The number of nitrogens with zero attached hydrogens (tertiary/aromatic N) is 2. The summed E-state index contributed by atoms with van der Waals surface area (Å²) >= 11 is 9.75. The molecule has 3 rings (SSSR count). The minimum Gasteiger partial charge on any atom is -0.496 e. The molecule has 1 N–H and O–H groups in total. The maximum Gasteiger partial charge on any atom is 0.285 e. The molecule has 2 aromatic rings. The summed E-state index contributed by atoms with van der Waals surface area (Å²) in [5.74, 6) is -0.120. The van der Waals surface area contributed by atoms with E-state index in [4.69, 9.17) is 17.0 Å². The molecule has 0 spiro atoms. The third kappa shape index (κ3) is 3.95. The molecule has 26 heavy (non-hydrogen) atoms. The lowest BCUT2D eigenvalue weighted by molar-refractivity contribution is -0.123. The molecule has 1 saturated heterocycles. The molecule has 0 aliphatic carbocycles. The number of thioether (sulfide) groups is 1. The zero-order valence-electron chi connectivity index (χ0n) is 13.4. The van der Waals surface area contributed by atoms with Gasteiger partial charge in [-0.25, -0.2) is 0 Å². The van der Waals surface area contributed by atoms with E-state index in [9.17, 15) is 9.59 Å². The molecule has 0 atom stereocenters. The Morgan fingerprint density at radius 3 is 2.73 bits per heavy atom. The fourth-order valence-corrected chi connectivity index (χ4v) is 3.90. The first-order valence-electron chi connectivity index (χ1n) is 7.32. The van der Waals surface area contributed by atoms with Gasteiger partial charge in [-0.3, -0.25) is 20.0 Å². The number of thiocarbonyl (C=S) groups is 1. The summed E-state index contributed by atoms with van der Waals surface area (Å²) in [4.78, 5) is 29.1. The van der Waals surface area contributed by atoms with Crippen molar-refractivity contribution >= 4 is 62.1 Å². The van der Waals surface area contributed by atoms with Crippen molar-refractivity contribution in [3.05, 3.63) is 63.2 Å². The topological polar surface area (TPSA) is 71.5 Å². The Morgan fingerprint density at radius 1 is 1.35 bits per heavy atom. The SMILES string of the molecule is COc1ccc(C=C2SC(=S)N(NC(=O)c3ccncc3)C2=O)cc1Br. The van der Waals surface area contributed by atoms with Crippen LogP contribution in [-0.2, 0) is 4.79 Å². The van der Waals surface area contributed by atoms with E-state index in [0.717, 1.165) is 26.8 Å². The molecule has 2 heterocycles. The first kappa shape index (κ1) is 18.6. The van der Waals surface area contributed by atoms with Gasteiger partial charge in [-0.05, 0) is 64.1 Å². The van der Waals surface area contributed by atoms with Crippen molar-refractivity contribution in [1.29, 1.82) is 0 Å². The van der Waals surface area contributed by atoms with Gasteiger partial charge in [0, 0.05) is 18.0 Å². The van der Waals surface area contributed by atoms with Gasteiger partial charge in [-0.2, -0.15) is 5.01 Å². The van der Waals surface area contributed by atoms with Gasteiger partial charge in [0.1, 0.15) is 5.75 Å². The maximum absolute atomic E-state index is 12.6. The molecule has 1 aromatic heterocycles. The van der Waals surface area contributed by atoms with Gasteiger partial charge in [0.15, 0.2) is 4.32 Å². The fourth-order valence-electron chi connectivity index (χ4n) is 2.16. The van der Waals surface area contributed by atoms with Crippen LogP contribution >= 0.6 is 39.9 Å². The molecular formula is C17H12BrN3O3S2. The summed E-state index contributed by atoms with van der Waals surface area (Å²) in [6.45, 7) is 0. The van der Waals surface area contributed by atoms with Crippen LogP contribution in [0.15, 0.2) is 52.1 Å². The number of benzene rings is 1. The van der Waals surface area contributed by atoms with E-state index in [1.165, 1.54) is 12.4 Å². The van der Waals surface area contributed by atoms with Crippen LogP contribution in [0.4, 0.5) is 0 Å². The molecule has 1 aliphatic rings. The zero-order valence-corrected chi connectivity index (χ0v) is 16.7. The Kier molecular flexibility index (Phi) is 5.70. The Bertz CT molecular complexity index is 919. The number of aromatic nitrogens is 1. The van der Waals surface area contributed by atoms with Crippen molar-refractivity contribution in [2.24, 2.45) is 0 Å². The highest BCUT2D eigenvalue weighted by atomic mass is 79.9. The van der Waals surface area contributed by atoms with E-state index in [-0.39, 0.29) is 10.2 Å². The molecule has 0 saturated carbocycles. The number of carbonyl (C=O) groups excluding carboxylic acids is 2. The van der Waals surface area contributed by atoms with Crippen LogP contribution in [0, 0.1) is 0 Å². The summed E-state index contributed by atoms with van der Waals surface area (Å²) in [6.07, 6.45) is 4.71. The number of hydrogen-bond acceptors (Lipinski definition) is 6. The number of carbonyl (C=O) groups is 2. The maximum atomic E-state index is 12.6. The zero-order chi connectivity index (χ0) is 18.7.